The van der Waals surface area contributed by atoms with Gasteiger partial charge in [-0.2, -0.15) is 0 Å². The number of esters is 1. The Labute approximate surface area is 155 Å². The number of urea groups is 1. The van der Waals surface area contributed by atoms with Crippen LogP contribution in [0.1, 0.15) is 32.3 Å². The molecule has 1 N–H and O–H groups in total. The molecule has 0 aromatic carbocycles. The molecule has 1 aromatic rings. The largest absolute Gasteiger partial charge is 0.467 e. The number of nitrogens with zero attached hydrogens (tertiary/aromatic N) is 3. The standard InChI is InChI=1S/C19H30N4O3/c1-14(2)17(18(24)26-4)21-19(25)23(13-15-5-9-20-10-6-15)16-7-11-22(3)12-8-16/h5-6,9-10,14,16-17H,7-8,11-13H2,1-4H3,(H,21,25)/t17-/m0/s1. The minimum atomic E-state index is -0.654. The van der Waals surface area contributed by atoms with E-state index in [0.29, 0.717) is 6.54 Å². The summed E-state index contributed by atoms with van der Waals surface area (Å²) in [5.41, 5.74) is 1.02. The van der Waals surface area contributed by atoms with Gasteiger partial charge in [-0.3, -0.25) is 4.98 Å². The Bertz CT molecular complexity index is 586. The third-order valence-corrected chi connectivity index (χ3v) is 4.89. The summed E-state index contributed by atoms with van der Waals surface area (Å²) in [7, 11) is 3.44. The van der Waals surface area contributed by atoms with Crippen LogP contribution < -0.4 is 5.32 Å². The van der Waals surface area contributed by atoms with Crippen LogP contribution in [0.2, 0.25) is 0 Å². The third kappa shape index (κ3) is 5.42. The molecular weight excluding hydrogens is 332 g/mol. The third-order valence-electron chi connectivity index (χ3n) is 4.89. The highest BCUT2D eigenvalue weighted by molar-refractivity contribution is 5.84. The van der Waals surface area contributed by atoms with Crippen molar-refractivity contribution in [2.75, 3.05) is 27.2 Å². The Balaban J connectivity index is 2.15. The van der Waals surface area contributed by atoms with Crippen molar-refractivity contribution in [1.82, 2.24) is 20.1 Å². The second-order valence-electron chi connectivity index (χ2n) is 7.21. The van der Waals surface area contributed by atoms with Crippen molar-refractivity contribution in [2.45, 2.75) is 45.3 Å². The lowest BCUT2D eigenvalue weighted by molar-refractivity contribution is -0.144. The Kier molecular flexibility index (Phi) is 7.38. The van der Waals surface area contributed by atoms with Gasteiger partial charge in [0, 0.05) is 25.0 Å². The molecule has 2 rings (SSSR count). The van der Waals surface area contributed by atoms with Gasteiger partial charge in [0.05, 0.1) is 7.11 Å². The molecule has 0 saturated carbocycles. The number of likely N-dealkylation sites (tertiary alicyclic amines) is 1. The van der Waals surface area contributed by atoms with E-state index in [0.717, 1.165) is 31.5 Å². The van der Waals surface area contributed by atoms with Crippen molar-refractivity contribution in [2.24, 2.45) is 5.92 Å². The van der Waals surface area contributed by atoms with Crippen LogP contribution in [-0.4, -0.2) is 66.1 Å². The molecule has 0 spiro atoms. The molecule has 0 aliphatic carbocycles. The number of methoxy groups -OCH3 is 1. The van der Waals surface area contributed by atoms with Crippen LogP contribution in [0.15, 0.2) is 24.5 Å². The minimum absolute atomic E-state index is 0.0494. The quantitative estimate of drug-likeness (QED) is 0.782. The van der Waals surface area contributed by atoms with Gasteiger partial charge in [-0.15, -0.1) is 0 Å². The summed E-state index contributed by atoms with van der Waals surface area (Å²) >= 11 is 0. The maximum atomic E-state index is 13.0. The summed E-state index contributed by atoms with van der Waals surface area (Å²) < 4.78 is 4.85. The second kappa shape index (κ2) is 9.52. The summed E-state index contributed by atoms with van der Waals surface area (Å²) in [6, 6.07) is 3.09. The molecule has 7 heteroatoms. The average Bonchev–Trinajstić information content (AvgIpc) is 2.65. The first kappa shape index (κ1) is 20.2. The average molecular weight is 362 g/mol. The Morgan fingerprint density at radius 2 is 1.92 bits per heavy atom. The first-order valence-electron chi connectivity index (χ1n) is 9.14. The number of nitrogens with one attached hydrogen (secondary N) is 1. The molecule has 1 saturated heterocycles. The van der Waals surface area contributed by atoms with Crippen molar-refractivity contribution in [3.8, 4) is 0 Å². The normalized spacial score (nSPS) is 17.0. The van der Waals surface area contributed by atoms with Crippen LogP contribution in [0.3, 0.4) is 0 Å². The number of piperidine rings is 1. The molecule has 1 aliphatic heterocycles. The van der Waals surface area contributed by atoms with E-state index in [9.17, 15) is 9.59 Å². The monoisotopic (exact) mass is 362 g/mol. The molecule has 1 aromatic heterocycles. The fraction of sp³-hybridized carbons (Fsp3) is 0.632. The molecule has 1 fully saturated rings. The van der Waals surface area contributed by atoms with E-state index >= 15 is 0 Å². The van der Waals surface area contributed by atoms with Gasteiger partial charge in [-0.25, -0.2) is 9.59 Å². The fourth-order valence-electron chi connectivity index (χ4n) is 3.20. The fourth-order valence-corrected chi connectivity index (χ4v) is 3.20. The Hall–Kier alpha value is -2.15. The van der Waals surface area contributed by atoms with Crippen LogP contribution in [0, 0.1) is 5.92 Å². The lowest BCUT2D eigenvalue weighted by Crippen LogP contribution is -2.54. The summed E-state index contributed by atoms with van der Waals surface area (Å²) in [4.78, 5) is 33.2. The van der Waals surface area contributed by atoms with Gasteiger partial charge >= 0.3 is 12.0 Å². The van der Waals surface area contributed by atoms with Crippen LogP contribution >= 0.6 is 0 Å². The number of hydrogen-bond acceptors (Lipinski definition) is 5. The number of aromatic nitrogens is 1. The van der Waals surface area contributed by atoms with Crippen LogP contribution in [0.4, 0.5) is 4.79 Å². The van der Waals surface area contributed by atoms with Gasteiger partial charge in [0.15, 0.2) is 0 Å². The van der Waals surface area contributed by atoms with Gasteiger partial charge in [0.1, 0.15) is 6.04 Å². The zero-order valence-corrected chi connectivity index (χ0v) is 16.1. The smallest absolute Gasteiger partial charge is 0.328 e. The first-order valence-corrected chi connectivity index (χ1v) is 9.14. The number of carbonyl (C=O) groups excluding carboxylic acids is 2. The second-order valence-corrected chi connectivity index (χ2v) is 7.21. The molecule has 144 valence electrons. The number of pyridine rings is 1. The Morgan fingerprint density at radius 1 is 1.31 bits per heavy atom. The summed E-state index contributed by atoms with van der Waals surface area (Å²) in [5.74, 6) is -0.466. The zero-order valence-electron chi connectivity index (χ0n) is 16.1. The summed E-state index contributed by atoms with van der Waals surface area (Å²) in [5, 5.41) is 2.88. The molecule has 2 amide bonds. The molecule has 0 radical (unpaired) electrons. The van der Waals surface area contributed by atoms with Crippen LogP contribution in [0.25, 0.3) is 0 Å². The van der Waals surface area contributed by atoms with Gasteiger partial charge in [0.2, 0.25) is 0 Å². The number of hydrogen-bond donors (Lipinski definition) is 1. The van der Waals surface area contributed by atoms with Crippen molar-refractivity contribution in [1.29, 1.82) is 0 Å². The van der Waals surface area contributed by atoms with Crippen molar-refractivity contribution in [3.05, 3.63) is 30.1 Å². The van der Waals surface area contributed by atoms with Gasteiger partial charge in [-0.05, 0) is 56.6 Å². The number of amides is 2. The molecule has 26 heavy (non-hydrogen) atoms. The SMILES string of the molecule is COC(=O)[C@@H](NC(=O)N(Cc1ccncc1)C1CCN(C)CC1)C(C)C. The van der Waals surface area contributed by atoms with E-state index in [-0.39, 0.29) is 18.0 Å². The number of rotatable bonds is 6. The van der Waals surface area contributed by atoms with E-state index in [1.165, 1.54) is 7.11 Å². The van der Waals surface area contributed by atoms with Crippen LogP contribution in [0.5, 0.6) is 0 Å². The topological polar surface area (TPSA) is 74.8 Å². The predicted octanol–water partition coefficient (Wildman–Crippen LogP) is 1.88. The maximum absolute atomic E-state index is 13.0. The Morgan fingerprint density at radius 3 is 2.46 bits per heavy atom. The van der Waals surface area contributed by atoms with Crippen molar-refractivity contribution >= 4 is 12.0 Å². The first-order chi connectivity index (χ1) is 12.4. The predicted molar refractivity (Wildman–Crippen MR) is 99.5 cm³/mol. The number of carbonyl (C=O) groups is 2. The van der Waals surface area contributed by atoms with E-state index in [4.69, 9.17) is 4.74 Å². The van der Waals surface area contributed by atoms with E-state index < -0.39 is 12.0 Å². The highest BCUT2D eigenvalue weighted by Gasteiger charge is 2.31. The van der Waals surface area contributed by atoms with Gasteiger partial charge in [0.25, 0.3) is 0 Å². The van der Waals surface area contributed by atoms with Gasteiger partial charge < -0.3 is 19.9 Å². The molecule has 0 unspecified atom stereocenters. The molecule has 1 aliphatic rings. The minimum Gasteiger partial charge on any atom is -0.467 e. The molecule has 7 nitrogen and oxygen atoms in total. The molecule has 0 bridgehead atoms. The number of ether oxygens (including phenoxy) is 1. The van der Waals surface area contributed by atoms with E-state index in [2.05, 4.69) is 22.2 Å². The molecule has 1 atom stereocenters. The van der Waals surface area contributed by atoms with Gasteiger partial charge in [-0.1, -0.05) is 13.8 Å². The van der Waals surface area contributed by atoms with Crippen LogP contribution in [-0.2, 0) is 16.1 Å². The molecular formula is C19H30N4O3. The highest BCUT2D eigenvalue weighted by Crippen LogP contribution is 2.19. The lowest BCUT2D eigenvalue weighted by Gasteiger charge is -2.38. The molecule has 2 heterocycles. The maximum Gasteiger partial charge on any atom is 0.328 e. The zero-order chi connectivity index (χ0) is 19.1. The van der Waals surface area contributed by atoms with Crippen molar-refractivity contribution < 1.29 is 14.3 Å². The van der Waals surface area contributed by atoms with Crippen molar-refractivity contribution in [3.63, 3.8) is 0 Å². The summed E-state index contributed by atoms with van der Waals surface area (Å²) in [6.07, 6.45) is 5.29. The van der Waals surface area contributed by atoms with E-state index in [1.54, 1.807) is 12.4 Å². The highest BCUT2D eigenvalue weighted by atomic mass is 16.5. The summed E-state index contributed by atoms with van der Waals surface area (Å²) in [6.45, 7) is 6.19. The van der Waals surface area contributed by atoms with E-state index in [1.807, 2.05) is 30.9 Å². The lowest BCUT2D eigenvalue weighted by atomic mass is 10.0.